The van der Waals surface area contributed by atoms with Gasteiger partial charge in [0, 0.05) is 15.5 Å². The fraction of sp³-hybridized carbons (Fsp3) is 0.429. The molecule has 0 aliphatic rings. The monoisotopic (exact) mass is 315 g/mol. The molecule has 3 heteroatoms. The van der Waals surface area contributed by atoms with Crippen molar-refractivity contribution in [3.63, 3.8) is 0 Å². The van der Waals surface area contributed by atoms with E-state index in [-0.39, 0.29) is 6.04 Å². The van der Waals surface area contributed by atoms with Crippen LogP contribution in [-0.2, 0) is 0 Å². The van der Waals surface area contributed by atoms with Crippen molar-refractivity contribution in [1.29, 1.82) is 0 Å². The van der Waals surface area contributed by atoms with Crippen molar-refractivity contribution >= 4 is 27.5 Å². The van der Waals surface area contributed by atoms with E-state index < -0.39 is 0 Å². The first-order chi connectivity index (χ1) is 8.08. The molecule has 1 N–H and O–H groups in total. The van der Waals surface area contributed by atoms with E-state index in [9.17, 15) is 0 Å². The molecule has 94 valence electrons. The molecule has 0 amide bonds. The lowest BCUT2D eigenvalue weighted by Crippen LogP contribution is -2.21. The molecule has 0 spiro atoms. The number of hydrogen-bond donors (Lipinski definition) is 1. The summed E-state index contributed by atoms with van der Waals surface area (Å²) in [4.78, 5) is 0. The summed E-state index contributed by atoms with van der Waals surface area (Å²) < 4.78 is 1.01. The van der Waals surface area contributed by atoms with Gasteiger partial charge in [-0.3, -0.25) is 0 Å². The molecule has 0 aliphatic heterocycles. The van der Waals surface area contributed by atoms with Gasteiger partial charge in [0.25, 0.3) is 0 Å². The van der Waals surface area contributed by atoms with E-state index in [4.69, 9.17) is 11.6 Å². The third kappa shape index (κ3) is 4.46. The van der Waals surface area contributed by atoms with E-state index >= 15 is 0 Å². The molecular weight excluding hydrogens is 298 g/mol. The number of benzene rings is 1. The molecule has 1 atom stereocenters. The number of halogens is 2. The van der Waals surface area contributed by atoms with Crippen LogP contribution in [0.15, 0.2) is 34.8 Å². The van der Waals surface area contributed by atoms with Gasteiger partial charge >= 0.3 is 0 Å². The molecule has 1 rings (SSSR count). The van der Waals surface area contributed by atoms with Crippen LogP contribution < -0.4 is 5.32 Å². The van der Waals surface area contributed by atoms with Crippen LogP contribution in [0.5, 0.6) is 0 Å². The Bertz CT molecular complexity index is 390. The van der Waals surface area contributed by atoms with Crippen molar-refractivity contribution < 1.29 is 0 Å². The Kier molecular flexibility index (Phi) is 6.24. The Morgan fingerprint density at radius 1 is 1.47 bits per heavy atom. The lowest BCUT2D eigenvalue weighted by atomic mass is 9.98. The average Bonchev–Trinajstić information content (AvgIpc) is 2.28. The van der Waals surface area contributed by atoms with Crippen molar-refractivity contribution in [2.75, 3.05) is 6.54 Å². The highest BCUT2D eigenvalue weighted by molar-refractivity contribution is 9.10. The Labute approximate surface area is 117 Å². The van der Waals surface area contributed by atoms with Crippen LogP contribution in [0, 0.1) is 0 Å². The zero-order chi connectivity index (χ0) is 12.8. The van der Waals surface area contributed by atoms with Crippen molar-refractivity contribution in [3.05, 3.63) is 45.4 Å². The van der Waals surface area contributed by atoms with E-state index in [2.05, 4.69) is 47.7 Å². The normalized spacial score (nSPS) is 12.5. The standard InChI is InChI=1S/C14H19BrClN/c1-4-10(3)8-14(17-5-2)12-7-6-11(15)9-13(12)16/h6-7,9,14,17H,3-5,8H2,1-2H3. The van der Waals surface area contributed by atoms with Crippen molar-refractivity contribution in [2.24, 2.45) is 0 Å². The minimum absolute atomic E-state index is 0.257. The second-order valence-electron chi connectivity index (χ2n) is 4.08. The number of rotatable bonds is 6. The largest absolute Gasteiger partial charge is 0.310 e. The van der Waals surface area contributed by atoms with Gasteiger partial charge in [0.05, 0.1) is 0 Å². The summed E-state index contributed by atoms with van der Waals surface area (Å²) in [5.41, 5.74) is 2.39. The molecule has 0 radical (unpaired) electrons. The zero-order valence-corrected chi connectivity index (χ0v) is 12.7. The van der Waals surface area contributed by atoms with Gasteiger partial charge in [-0.1, -0.05) is 59.6 Å². The third-order valence-corrected chi connectivity index (χ3v) is 3.60. The van der Waals surface area contributed by atoms with Gasteiger partial charge in [-0.2, -0.15) is 0 Å². The molecule has 1 unspecified atom stereocenters. The first-order valence-electron chi connectivity index (χ1n) is 5.93. The van der Waals surface area contributed by atoms with Crippen molar-refractivity contribution in [3.8, 4) is 0 Å². The van der Waals surface area contributed by atoms with E-state index in [0.29, 0.717) is 0 Å². The molecule has 1 nitrogen and oxygen atoms in total. The average molecular weight is 317 g/mol. The maximum atomic E-state index is 6.29. The van der Waals surface area contributed by atoms with Crippen LogP contribution in [0.4, 0.5) is 0 Å². The first-order valence-corrected chi connectivity index (χ1v) is 7.10. The summed E-state index contributed by atoms with van der Waals surface area (Å²) in [7, 11) is 0. The molecule has 0 heterocycles. The highest BCUT2D eigenvalue weighted by Gasteiger charge is 2.14. The van der Waals surface area contributed by atoms with Crippen LogP contribution >= 0.6 is 27.5 Å². The van der Waals surface area contributed by atoms with Gasteiger partial charge in [-0.05, 0) is 37.1 Å². The SMILES string of the molecule is C=C(CC)CC(NCC)c1ccc(Br)cc1Cl. The van der Waals surface area contributed by atoms with Gasteiger partial charge in [-0.15, -0.1) is 0 Å². The predicted octanol–water partition coefficient (Wildman–Crippen LogP) is 5.11. The fourth-order valence-corrected chi connectivity index (χ4v) is 2.56. The molecule has 0 fully saturated rings. The summed E-state index contributed by atoms with van der Waals surface area (Å²) in [6.07, 6.45) is 1.95. The maximum Gasteiger partial charge on any atom is 0.0465 e. The Morgan fingerprint density at radius 3 is 2.71 bits per heavy atom. The van der Waals surface area contributed by atoms with E-state index in [0.717, 1.165) is 34.4 Å². The number of hydrogen-bond acceptors (Lipinski definition) is 1. The topological polar surface area (TPSA) is 12.0 Å². The molecule has 0 saturated heterocycles. The molecule has 0 aromatic heterocycles. The Balaban J connectivity index is 2.92. The minimum atomic E-state index is 0.257. The van der Waals surface area contributed by atoms with E-state index in [1.165, 1.54) is 5.57 Å². The summed E-state index contributed by atoms with van der Waals surface area (Å²) in [5.74, 6) is 0. The van der Waals surface area contributed by atoms with Gasteiger partial charge in [0.1, 0.15) is 0 Å². The van der Waals surface area contributed by atoms with Crippen molar-refractivity contribution in [1.82, 2.24) is 5.32 Å². The fourth-order valence-electron chi connectivity index (χ4n) is 1.76. The van der Waals surface area contributed by atoms with Crippen LogP contribution in [0.3, 0.4) is 0 Å². The van der Waals surface area contributed by atoms with Gasteiger partial charge < -0.3 is 5.32 Å². The highest BCUT2D eigenvalue weighted by Crippen LogP contribution is 2.30. The Hall–Kier alpha value is -0.310. The van der Waals surface area contributed by atoms with Crippen LogP contribution in [0.1, 0.15) is 38.3 Å². The Morgan fingerprint density at radius 2 is 2.18 bits per heavy atom. The third-order valence-electron chi connectivity index (χ3n) is 2.78. The van der Waals surface area contributed by atoms with Crippen LogP contribution in [-0.4, -0.2) is 6.54 Å². The van der Waals surface area contributed by atoms with Gasteiger partial charge in [0.2, 0.25) is 0 Å². The first kappa shape index (κ1) is 14.7. The summed E-state index contributed by atoms with van der Waals surface area (Å²) in [6, 6.07) is 6.30. The molecule has 1 aromatic carbocycles. The van der Waals surface area contributed by atoms with Gasteiger partial charge in [-0.25, -0.2) is 0 Å². The zero-order valence-electron chi connectivity index (χ0n) is 10.4. The van der Waals surface area contributed by atoms with E-state index in [1.807, 2.05) is 12.1 Å². The highest BCUT2D eigenvalue weighted by atomic mass is 79.9. The second-order valence-corrected chi connectivity index (χ2v) is 5.41. The van der Waals surface area contributed by atoms with Crippen LogP contribution in [0.2, 0.25) is 5.02 Å². The minimum Gasteiger partial charge on any atom is -0.310 e. The maximum absolute atomic E-state index is 6.29. The summed E-state index contributed by atoms with van der Waals surface area (Å²) >= 11 is 9.71. The summed E-state index contributed by atoms with van der Waals surface area (Å²) in [6.45, 7) is 9.24. The number of nitrogens with one attached hydrogen (secondary N) is 1. The second kappa shape index (κ2) is 7.20. The smallest absolute Gasteiger partial charge is 0.0465 e. The van der Waals surface area contributed by atoms with E-state index in [1.54, 1.807) is 0 Å². The molecule has 0 bridgehead atoms. The molecule has 0 aliphatic carbocycles. The quantitative estimate of drug-likeness (QED) is 0.719. The molecule has 1 aromatic rings. The molecular formula is C14H19BrClN. The van der Waals surface area contributed by atoms with Crippen molar-refractivity contribution in [2.45, 2.75) is 32.7 Å². The molecule has 17 heavy (non-hydrogen) atoms. The lowest BCUT2D eigenvalue weighted by Gasteiger charge is -2.20. The summed E-state index contributed by atoms with van der Waals surface area (Å²) in [5, 5.41) is 4.26. The van der Waals surface area contributed by atoms with Crippen LogP contribution in [0.25, 0.3) is 0 Å². The van der Waals surface area contributed by atoms with Gasteiger partial charge in [0.15, 0.2) is 0 Å². The predicted molar refractivity (Wildman–Crippen MR) is 79.6 cm³/mol. The lowest BCUT2D eigenvalue weighted by molar-refractivity contribution is 0.543. The molecule has 0 saturated carbocycles.